The second-order valence-electron chi connectivity index (χ2n) is 7.76. The van der Waals surface area contributed by atoms with E-state index in [0.717, 1.165) is 63.3 Å². The van der Waals surface area contributed by atoms with Gasteiger partial charge in [0.25, 0.3) is 0 Å². The van der Waals surface area contributed by atoms with Gasteiger partial charge in [-0.25, -0.2) is 0 Å². The van der Waals surface area contributed by atoms with Gasteiger partial charge < -0.3 is 20.3 Å². The normalized spacial score (nSPS) is 20.8. The van der Waals surface area contributed by atoms with Gasteiger partial charge >= 0.3 is 0 Å². The van der Waals surface area contributed by atoms with E-state index < -0.39 is 0 Å². The number of ether oxygens (including phenoxy) is 1. The summed E-state index contributed by atoms with van der Waals surface area (Å²) in [6, 6.07) is 8.42. The molecule has 0 aromatic heterocycles. The van der Waals surface area contributed by atoms with Crippen LogP contribution in [0.5, 0.6) is 0 Å². The molecule has 2 unspecified atom stereocenters. The van der Waals surface area contributed by atoms with Gasteiger partial charge in [0.05, 0.1) is 25.8 Å². The van der Waals surface area contributed by atoms with Gasteiger partial charge in [0.15, 0.2) is 5.96 Å². The molecule has 1 amide bonds. The van der Waals surface area contributed by atoms with E-state index in [1.807, 2.05) is 30.0 Å². The monoisotopic (exact) mass is 563 g/mol. The fraction of sp³-hybridized carbons (Fsp3) is 0.636. The minimum absolute atomic E-state index is 0. The number of nitrogens with zero attached hydrogens (tertiary/aromatic N) is 3. The van der Waals surface area contributed by atoms with Crippen LogP contribution >= 0.6 is 35.6 Å². The summed E-state index contributed by atoms with van der Waals surface area (Å²) in [5, 5.41) is 7.62. The molecule has 7 nitrogen and oxygen atoms in total. The van der Waals surface area contributed by atoms with Crippen LogP contribution in [0.4, 0.5) is 0 Å². The molecule has 2 heterocycles. The van der Waals surface area contributed by atoms with Crippen molar-refractivity contribution in [2.45, 2.75) is 38.8 Å². The summed E-state index contributed by atoms with van der Waals surface area (Å²) in [6.07, 6.45) is 1.50. The quantitative estimate of drug-likeness (QED) is 0.303. The molecule has 0 spiro atoms. The Labute approximate surface area is 207 Å². The maximum absolute atomic E-state index is 12.0. The third kappa shape index (κ3) is 7.76. The number of benzene rings is 1. The van der Waals surface area contributed by atoms with Crippen LogP contribution in [0.25, 0.3) is 0 Å². The number of hydrogen-bond acceptors (Lipinski definition) is 4. The van der Waals surface area contributed by atoms with Crippen LogP contribution in [0.3, 0.4) is 0 Å². The molecule has 0 aliphatic carbocycles. The lowest BCUT2D eigenvalue weighted by Gasteiger charge is -2.34. The van der Waals surface area contributed by atoms with Crippen molar-refractivity contribution in [2.24, 2.45) is 4.99 Å². The number of nitrogens with one attached hydrogen (secondary N) is 2. The highest BCUT2D eigenvalue weighted by molar-refractivity contribution is 14.0. The lowest BCUT2D eigenvalue weighted by atomic mass is 10.0. The first-order chi connectivity index (χ1) is 14.6. The summed E-state index contributed by atoms with van der Waals surface area (Å²) in [5.74, 6) is 1.02. The topological polar surface area (TPSA) is 69.2 Å². The zero-order chi connectivity index (χ0) is 21.3. The van der Waals surface area contributed by atoms with E-state index >= 15 is 0 Å². The summed E-state index contributed by atoms with van der Waals surface area (Å²) in [6.45, 7) is 10.2. The first-order valence-electron chi connectivity index (χ1n) is 11.0. The largest absolute Gasteiger partial charge is 0.379 e. The highest BCUT2D eigenvalue weighted by atomic mass is 127. The molecule has 2 atom stereocenters. The van der Waals surface area contributed by atoms with E-state index in [1.54, 1.807) is 0 Å². The number of aliphatic imine (C=N–C) groups is 1. The lowest BCUT2D eigenvalue weighted by molar-refractivity contribution is -0.129. The number of carbonyl (C=O) groups is 1. The van der Waals surface area contributed by atoms with Crippen molar-refractivity contribution in [3.8, 4) is 0 Å². The van der Waals surface area contributed by atoms with Gasteiger partial charge in [-0.05, 0) is 31.0 Å². The Bertz CT molecular complexity index is 730. The molecular weight excluding hydrogens is 529 g/mol. The Hall–Kier alpha value is -1.10. The smallest absolute Gasteiger partial charge is 0.222 e. The van der Waals surface area contributed by atoms with Crippen molar-refractivity contribution in [3.63, 3.8) is 0 Å². The molecule has 2 saturated heterocycles. The average Bonchev–Trinajstić information content (AvgIpc) is 3.23. The predicted molar refractivity (Wildman–Crippen MR) is 136 cm³/mol. The maximum Gasteiger partial charge on any atom is 0.222 e. The molecule has 0 radical (unpaired) electrons. The Morgan fingerprint density at radius 1 is 1.29 bits per heavy atom. The number of rotatable bonds is 7. The Morgan fingerprint density at radius 2 is 2.06 bits per heavy atom. The zero-order valence-corrected chi connectivity index (χ0v) is 21.6. The average molecular weight is 564 g/mol. The van der Waals surface area contributed by atoms with Crippen molar-refractivity contribution < 1.29 is 9.53 Å². The predicted octanol–water partition coefficient (Wildman–Crippen LogP) is 2.90. The molecule has 31 heavy (non-hydrogen) atoms. The first-order valence-corrected chi connectivity index (χ1v) is 11.4. The molecule has 3 rings (SSSR count). The molecule has 2 fully saturated rings. The van der Waals surface area contributed by atoms with Crippen LogP contribution in [-0.4, -0.2) is 80.2 Å². The molecule has 0 saturated carbocycles. The van der Waals surface area contributed by atoms with E-state index in [2.05, 4.69) is 28.5 Å². The highest BCUT2D eigenvalue weighted by Crippen LogP contribution is 2.25. The summed E-state index contributed by atoms with van der Waals surface area (Å²) < 4.78 is 5.54. The molecular formula is C22H35ClIN5O2. The summed E-state index contributed by atoms with van der Waals surface area (Å²) >= 11 is 6.27. The fourth-order valence-electron chi connectivity index (χ4n) is 4.05. The van der Waals surface area contributed by atoms with Crippen LogP contribution in [-0.2, 0) is 9.53 Å². The third-order valence-electron chi connectivity index (χ3n) is 5.67. The third-order valence-corrected chi connectivity index (χ3v) is 5.91. The van der Waals surface area contributed by atoms with Crippen LogP contribution in [0, 0.1) is 0 Å². The maximum atomic E-state index is 12.0. The molecule has 2 N–H and O–H groups in total. The van der Waals surface area contributed by atoms with Gasteiger partial charge in [0, 0.05) is 50.2 Å². The summed E-state index contributed by atoms with van der Waals surface area (Å²) in [4.78, 5) is 21.2. The van der Waals surface area contributed by atoms with Crippen LogP contribution in [0.2, 0.25) is 5.02 Å². The molecule has 9 heteroatoms. The number of guanidine groups is 1. The Balaban J connectivity index is 0.00000341. The fourth-order valence-corrected chi connectivity index (χ4v) is 4.25. The van der Waals surface area contributed by atoms with Crippen molar-refractivity contribution in [3.05, 3.63) is 34.9 Å². The molecule has 0 bridgehead atoms. The molecule has 1 aromatic rings. The Kier molecular flexibility index (Phi) is 11.3. The molecule has 1 aromatic carbocycles. The van der Waals surface area contributed by atoms with Crippen LogP contribution in [0.1, 0.15) is 38.3 Å². The standard InChI is InChI=1S/C22H34ClN5O2.HI/c1-3-21(29)28-9-8-19(16-28)26-22(24-4-2)25-15-20(27-10-12-30-13-11-27)17-6-5-7-18(23)14-17;/h5-7,14,19-20H,3-4,8-13,15-16H2,1-2H3,(H2,24,25,26);1H. The molecule has 2 aliphatic heterocycles. The van der Waals surface area contributed by atoms with E-state index in [-0.39, 0.29) is 42.0 Å². The lowest BCUT2D eigenvalue weighted by Crippen LogP contribution is -2.46. The first kappa shape index (κ1) is 26.2. The van der Waals surface area contributed by atoms with Gasteiger partial charge in [-0.2, -0.15) is 0 Å². The second-order valence-corrected chi connectivity index (χ2v) is 8.20. The van der Waals surface area contributed by atoms with Crippen molar-refractivity contribution in [2.75, 3.05) is 52.5 Å². The van der Waals surface area contributed by atoms with Gasteiger partial charge in [0.2, 0.25) is 5.91 Å². The molecule has 2 aliphatic rings. The number of hydrogen-bond donors (Lipinski definition) is 2. The van der Waals surface area contributed by atoms with Crippen molar-refractivity contribution >= 4 is 47.4 Å². The van der Waals surface area contributed by atoms with Crippen LogP contribution < -0.4 is 10.6 Å². The minimum Gasteiger partial charge on any atom is -0.379 e. The van der Waals surface area contributed by atoms with Gasteiger partial charge in [0.1, 0.15) is 0 Å². The number of likely N-dealkylation sites (tertiary alicyclic amines) is 1. The number of amides is 1. The zero-order valence-electron chi connectivity index (χ0n) is 18.5. The highest BCUT2D eigenvalue weighted by Gasteiger charge is 2.26. The summed E-state index contributed by atoms with van der Waals surface area (Å²) in [5.41, 5.74) is 1.17. The second kappa shape index (κ2) is 13.4. The minimum atomic E-state index is 0. The van der Waals surface area contributed by atoms with E-state index in [4.69, 9.17) is 21.3 Å². The van der Waals surface area contributed by atoms with Gasteiger partial charge in [-0.3, -0.25) is 14.7 Å². The van der Waals surface area contributed by atoms with E-state index in [1.165, 1.54) is 5.56 Å². The number of halogens is 2. The van der Waals surface area contributed by atoms with Gasteiger partial charge in [-0.15, -0.1) is 24.0 Å². The number of morpholine rings is 1. The van der Waals surface area contributed by atoms with Crippen molar-refractivity contribution in [1.29, 1.82) is 0 Å². The summed E-state index contributed by atoms with van der Waals surface area (Å²) in [7, 11) is 0. The number of carbonyl (C=O) groups excluding carboxylic acids is 1. The van der Waals surface area contributed by atoms with Crippen LogP contribution in [0.15, 0.2) is 29.3 Å². The van der Waals surface area contributed by atoms with E-state index in [9.17, 15) is 4.79 Å². The molecule has 174 valence electrons. The SMILES string of the molecule is CCNC(=NCC(c1cccc(Cl)c1)N1CCOCC1)NC1CCN(C(=O)CC)C1.I. The van der Waals surface area contributed by atoms with Gasteiger partial charge in [-0.1, -0.05) is 30.7 Å². The Morgan fingerprint density at radius 3 is 2.74 bits per heavy atom. The van der Waals surface area contributed by atoms with Crippen molar-refractivity contribution in [1.82, 2.24) is 20.4 Å². The van der Waals surface area contributed by atoms with E-state index in [0.29, 0.717) is 13.0 Å².